The molecule has 3 aliphatic rings. The number of carbonyl (C=O) groups is 1. The van der Waals surface area contributed by atoms with Gasteiger partial charge in [0.2, 0.25) is 0 Å². The van der Waals surface area contributed by atoms with Crippen molar-refractivity contribution in [2.75, 3.05) is 5.32 Å². The Hall–Kier alpha value is -2.34. The molecule has 0 spiro atoms. The van der Waals surface area contributed by atoms with Crippen molar-refractivity contribution in [3.8, 4) is 0 Å². The molecule has 1 saturated carbocycles. The van der Waals surface area contributed by atoms with Crippen LogP contribution in [0.25, 0.3) is 0 Å². The molecular formula is C13H12N4O2. The Bertz CT molecular complexity index is 701. The van der Waals surface area contributed by atoms with E-state index in [4.69, 9.17) is 0 Å². The molecule has 0 aromatic carbocycles. The fourth-order valence-corrected chi connectivity index (χ4v) is 2.72. The highest BCUT2D eigenvalue weighted by Gasteiger charge is 2.48. The summed E-state index contributed by atoms with van der Waals surface area (Å²) >= 11 is 0. The normalized spacial score (nSPS) is 26.4. The number of carbonyl (C=O) groups excluding carboxylic acids is 1. The lowest BCUT2D eigenvalue weighted by molar-refractivity contribution is -0.113. The number of H-pyrrole nitrogens is 1. The second-order valence-electron chi connectivity index (χ2n) is 5.00. The van der Waals surface area contributed by atoms with Crippen LogP contribution in [0, 0.1) is 5.92 Å². The first-order valence-corrected chi connectivity index (χ1v) is 6.18. The Morgan fingerprint density at radius 3 is 3.16 bits per heavy atom. The highest BCUT2D eigenvalue weighted by molar-refractivity contribution is 6.04. The Morgan fingerprint density at radius 2 is 2.32 bits per heavy atom. The van der Waals surface area contributed by atoms with Crippen LogP contribution in [0.15, 0.2) is 46.0 Å². The molecule has 96 valence electrons. The number of rotatable bonds is 2. The molecule has 1 aromatic rings. The third-order valence-electron chi connectivity index (χ3n) is 3.74. The summed E-state index contributed by atoms with van der Waals surface area (Å²) in [6.45, 7) is 0. The van der Waals surface area contributed by atoms with Gasteiger partial charge in [0.15, 0.2) is 5.43 Å². The topological polar surface area (TPSA) is 86.0 Å². The molecule has 1 aromatic heterocycles. The first kappa shape index (κ1) is 10.6. The molecule has 19 heavy (non-hydrogen) atoms. The highest BCUT2D eigenvalue weighted by Crippen LogP contribution is 2.50. The predicted molar refractivity (Wildman–Crippen MR) is 69.0 cm³/mol. The van der Waals surface area contributed by atoms with Crippen LogP contribution in [0.4, 0.5) is 5.82 Å². The maximum atomic E-state index is 12.2. The van der Waals surface area contributed by atoms with E-state index in [1.165, 1.54) is 23.9 Å². The van der Waals surface area contributed by atoms with Crippen LogP contribution in [-0.2, 0) is 4.79 Å². The second-order valence-corrected chi connectivity index (χ2v) is 5.00. The predicted octanol–water partition coefficient (Wildman–Crippen LogP) is 0.00380. The minimum absolute atomic E-state index is 0.147. The van der Waals surface area contributed by atoms with E-state index in [1.54, 1.807) is 0 Å². The Balaban J connectivity index is 1.60. The van der Waals surface area contributed by atoms with Crippen molar-refractivity contribution in [3.05, 3.63) is 51.5 Å². The summed E-state index contributed by atoms with van der Waals surface area (Å²) in [7, 11) is 0. The van der Waals surface area contributed by atoms with E-state index in [0.29, 0.717) is 17.4 Å². The molecule has 4 rings (SSSR count). The van der Waals surface area contributed by atoms with E-state index < -0.39 is 0 Å². The number of aromatic amines is 1. The lowest BCUT2D eigenvalue weighted by Gasteiger charge is -2.06. The summed E-state index contributed by atoms with van der Waals surface area (Å²) in [5.74, 6) is 0.709. The van der Waals surface area contributed by atoms with Crippen LogP contribution in [0.5, 0.6) is 0 Å². The smallest absolute Gasteiger partial charge is 0.274 e. The molecule has 0 radical (unpaired) electrons. The first-order chi connectivity index (χ1) is 9.22. The molecule has 1 amide bonds. The largest absolute Gasteiger partial charge is 0.348 e. The van der Waals surface area contributed by atoms with Crippen molar-refractivity contribution in [1.29, 1.82) is 0 Å². The summed E-state index contributed by atoms with van der Waals surface area (Å²) in [6, 6.07) is 2.98. The minimum Gasteiger partial charge on any atom is -0.348 e. The van der Waals surface area contributed by atoms with E-state index in [1.807, 2.05) is 0 Å². The quantitative estimate of drug-likeness (QED) is 0.600. The van der Waals surface area contributed by atoms with Crippen molar-refractivity contribution < 1.29 is 4.79 Å². The Labute approximate surface area is 108 Å². The van der Waals surface area contributed by atoms with Gasteiger partial charge in [-0.25, -0.2) is 5.43 Å². The summed E-state index contributed by atoms with van der Waals surface area (Å²) in [5.41, 5.74) is 8.88. The molecule has 1 aliphatic heterocycles. The molecule has 0 saturated heterocycles. The molecule has 2 heterocycles. The van der Waals surface area contributed by atoms with E-state index in [-0.39, 0.29) is 17.4 Å². The average Bonchev–Trinajstić information content (AvgIpc) is 2.86. The van der Waals surface area contributed by atoms with Crippen molar-refractivity contribution in [2.45, 2.75) is 12.5 Å². The fourth-order valence-electron chi connectivity index (χ4n) is 2.72. The molecule has 2 unspecified atom stereocenters. The fraction of sp³-hybridized carbons (Fsp3) is 0.231. The van der Waals surface area contributed by atoms with Gasteiger partial charge >= 0.3 is 0 Å². The minimum atomic E-state index is -0.245. The summed E-state index contributed by atoms with van der Waals surface area (Å²) in [4.78, 5) is 26.2. The van der Waals surface area contributed by atoms with Gasteiger partial charge in [-0.1, -0.05) is 11.6 Å². The van der Waals surface area contributed by atoms with Gasteiger partial charge in [-0.05, 0) is 6.42 Å². The first-order valence-electron chi connectivity index (χ1n) is 6.18. The zero-order valence-electron chi connectivity index (χ0n) is 9.99. The third-order valence-corrected chi connectivity index (χ3v) is 3.74. The van der Waals surface area contributed by atoms with Gasteiger partial charge in [-0.3, -0.25) is 9.59 Å². The van der Waals surface area contributed by atoms with Crippen LogP contribution in [-0.4, -0.2) is 16.9 Å². The maximum absolute atomic E-state index is 12.2. The summed E-state index contributed by atoms with van der Waals surface area (Å²) in [5, 5.41) is 2.68. The molecule has 2 atom stereocenters. The Kier molecular flexibility index (Phi) is 1.99. The maximum Gasteiger partial charge on any atom is 0.274 e. The number of fused-ring (bicyclic) bond motifs is 3. The number of hydrogen-bond donors (Lipinski definition) is 4. The number of nitrogens with one attached hydrogen (secondary N) is 4. The van der Waals surface area contributed by atoms with E-state index in [9.17, 15) is 9.59 Å². The second kappa shape index (κ2) is 3.58. The number of hydrazine groups is 1. The zero-order valence-corrected chi connectivity index (χ0v) is 9.99. The van der Waals surface area contributed by atoms with Crippen LogP contribution < -0.4 is 21.6 Å². The standard InChI is InChI=1S/C13H12N4O2/c18-7-1-2-14-10(5-7)15-13(19)12-9-4-6-3-8(6)11(9)16-17-12/h1-2,4-5,8,11,16-17H,3H2,(H2,14,15,18,19). The molecular weight excluding hydrogens is 244 g/mol. The van der Waals surface area contributed by atoms with Gasteiger partial charge in [-0.15, -0.1) is 0 Å². The van der Waals surface area contributed by atoms with E-state index in [0.717, 1.165) is 12.0 Å². The summed E-state index contributed by atoms with van der Waals surface area (Å²) < 4.78 is 0. The van der Waals surface area contributed by atoms with Gasteiger partial charge in [0, 0.05) is 29.8 Å². The number of pyridine rings is 1. The van der Waals surface area contributed by atoms with Crippen LogP contribution >= 0.6 is 0 Å². The molecule has 1 fully saturated rings. The lowest BCUT2D eigenvalue weighted by atomic mass is 10.1. The molecule has 0 bridgehead atoms. The van der Waals surface area contributed by atoms with Gasteiger partial charge in [0.1, 0.15) is 11.5 Å². The molecule has 6 heteroatoms. The van der Waals surface area contributed by atoms with Crippen molar-refractivity contribution in [3.63, 3.8) is 0 Å². The van der Waals surface area contributed by atoms with Crippen molar-refractivity contribution in [2.24, 2.45) is 5.92 Å². The monoisotopic (exact) mass is 256 g/mol. The number of anilines is 1. The number of amides is 1. The number of aromatic nitrogens is 1. The van der Waals surface area contributed by atoms with Crippen molar-refractivity contribution >= 4 is 11.7 Å². The number of hydrogen-bond acceptors (Lipinski definition) is 4. The Morgan fingerprint density at radius 1 is 1.42 bits per heavy atom. The molecule has 2 aliphatic carbocycles. The van der Waals surface area contributed by atoms with Crippen LogP contribution in [0.3, 0.4) is 0 Å². The van der Waals surface area contributed by atoms with Crippen molar-refractivity contribution in [1.82, 2.24) is 15.8 Å². The van der Waals surface area contributed by atoms with E-state index in [2.05, 4.69) is 27.2 Å². The molecule has 6 nitrogen and oxygen atoms in total. The zero-order chi connectivity index (χ0) is 13.0. The lowest BCUT2D eigenvalue weighted by Crippen LogP contribution is -2.35. The SMILES string of the molecule is O=C(Nc1cc(=O)cc[nH]1)C1=C2C=C3CC3C2NN1. The summed E-state index contributed by atoms with van der Waals surface area (Å²) in [6.07, 6.45) is 4.72. The van der Waals surface area contributed by atoms with Gasteiger partial charge in [0.05, 0.1) is 6.04 Å². The van der Waals surface area contributed by atoms with E-state index >= 15 is 0 Å². The van der Waals surface area contributed by atoms with Gasteiger partial charge in [0.25, 0.3) is 5.91 Å². The third kappa shape index (κ3) is 1.61. The van der Waals surface area contributed by atoms with Gasteiger partial charge < -0.3 is 15.7 Å². The van der Waals surface area contributed by atoms with Crippen LogP contribution in [0.1, 0.15) is 6.42 Å². The molecule has 4 N–H and O–H groups in total. The highest BCUT2D eigenvalue weighted by atomic mass is 16.2. The van der Waals surface area contributed by atoms with Gasteiger partial charge in [-0.2, -0.15) is 0 Å². The average molecular weight is 256 g/mol. The van der Waals surface area contributed by atoms with Crippen LogP contribution in [0.2, 0.25) is 0 Å².